The number of thiophene rings is 1. The zero-order valence-corrected chi connectivity index (χ0v) is 15.9. The third-order valence-corrected chi connectivity index (χ3v) is 5.33. The summed E-state index contributed by atoms with van der Waals surface area (Å²) >= 11 is 2.83. The monoisotopic (exact) mass is 402 g/mol. The fraction of sp³-hybridized carbons (Fsp3) is 0.176. The molecule has 3 rings (SSSR count). The van der Waals surface area contributed by atoms with Gasteiger partial charge in [0, 0.05) is 18.7 Å². The van der Waals surface area contributed by atoms with E-state index in [2.05, 4.69) is 20.8 Å². The van der Waals surface area contributed by atoms with E-state index in [-0.39, 0.29) is 12.3 Å². The summed E-state index contributed by atoms with van der Waals surface area (Å²) in [5, 5.41) is 15.5. The first kappa shape index (κ1) is 18.9. The Bertz CT molecular complexity index is 896. The van der Waals surface area contributed by atoms with Gasteiger partial charge in [0.25, 0.3) is 0 Å². The quantitative estimate of drug-likeness (QED) is 0.412. The predicted molar refractivity (Wildman–Crippen MR) is 106 cm³/mol. The van der Waals surface area contributed by atoms with Gasteiger partial charge < -0.3 is 11.2 Å². The van der Waals surface area contributed by atoms with Crippen LogP contribution >= 0.6 is 23.1 Å². The second-order valence-electron chi connectivity index (χ2n) is 5.47. The van der Waals surface area contributed by atoms with E-state index in [1.165, 1.54) is 27.8 Å². The standard InChI is InChI=1S/C17H18N6O2S2/c18-23-15(13-7-4-9-26-13)21-22-17(23)27-10-8-14(24)20-16(25)19-11-12-5-2-1-3-6-12/h1-7,9H,8,10-11,18H2,(H2,19,20,24,25). The molecule has 2 aromatic heterocycles. The van der Waals surface area contributed by atoms with Crippen LogP contribution in [0.3, 0.4) is 0 Å². The topological polar surface area (TPSA) is 115 Å². The van der Waals surface area contributed by atoms with Crippen LogP contribution < -0.4 is 16.5 Å². The fourth-order valence-corrected chi connectivity index (χ4v) is 3.70. The summed E-state index contributed by atoms with van der Waals surface area (Å²) in [4.78, 5) is 24.5. The molecule has 0 fully saturated rings. The van der Waals surface area contributed by atoms with Gasteiger partial charge in [-0.2, -0.15) is 0 Å². The van der Waals surface area contributed by atoms with Crippen LogP contribution in [-0.4, -0.2) is 32.6 Å². The first-order chi connectivity index (χ1) is 13.1. The van der Waals surface area contributed by atoms with Crippen LogP contribution in [0.1, 0.15) is 12.0 Å². The molecule has 140 valence electrons. The van der Waals surface area contributed by atoms with Crippen LogP contribution in [0, 0.1) is 0 Å². The number of amides is 3. The number of rotatable bonds is 7. The maximum absolute atomic E-state index is 11.9. The van der Waals surface area contributed by atoms with Crippen molar-refractivity contribution in [3.05, 3.63) is 53.4 Å². The molecule has 0 saturated heterocycles. The fourth-order valence-electron chi connectivity index (χ4n) is 2.20. The van der Waals surface area contributed by atoms with Crippen molar-refractivity contribution in [1.82, 2.24) is 25.5 Å². The molecule has 2 heterocycles. The Hall–Kier alpha value is -2.85. The number of hydrogen-bond donors (Lipinski definition) is 3. The Kier molecular flexibility index (Phi) is 6.44. The molecular weight excluding hydrogens is 384 g/mol. The van der Waals surface area contributed by atoms with E-state index in [1.807, 2.05) is 47.8 Å². The van der Waals surface area contributed by atoms with Crippen LogP contribution in [0.25, 0.3) is 10.7 Å². The van der Waals surface area contributed by atoms with Gasteiger partial charge in [0.05, 0.1) is 4.88 Å². The molecule has 0 bridgehead atoms. The summed E-state index contributed by atoms with van der Waals surface area (Å²) in [7, 11) is 0. The second kappa shape index (κ2) is 9.19. The lowest BCUT2D eigenvalue weighted by Gasteiger charge is -2.07. The summed E-state index contributed by atoms with van der Waals surface area (Å²) in [6, 6.07) is 12.8. The molecule has 0 aliphatic heterocycles. The number of hydrogen-bond acceptors (Lipinski definition) is 7. The van der Waals surface area contributed by atoms with Crippen molar-refractivity contribution in [2.75, 3.05) is 11.6 Å². The molecule has 1 aromatic carbocycles. The predicted octanol–water partition coefficient (Wildman–Crippen LogP) is 2.23. The van der Waals surface area contributed by atoms with Crippen LogP contribution in [0.2, 0.25) is 0 Å². The average molecular weight is 403 g/mol. The number of benzene rings is 1. The molecule has 3 aromatic rings. The van der Waals surface area contributed by atoms with Crippen molar-refractivity contribution in [3.8, 4) is 10.7 Å². The zero-order chi connectivity index (χ0) is 19.1. The third kappa shape index (κ3) is 5.31. The van der Waals surface area contributed by atoms with Gasteiger partial charge in [0.2, 0.25) is 11.1 Å². The highest BCUT2D eigenvalue weighted by Crippen LogP contribution is 2.25. The molecule has 0 spiro atoms. The molecule has 0 aliphatic carbocycles. The first-order valence-electron chi connectivity index (χ1n) is 8.12. The number of nitrogen functional groups attached to an aromatic ring is 1. The van der Waals surface area contributed by atoms with Gasteiger partial charge in [-0.05, 0) is 17.0 Å². The minimum atomic E-state index is -0.518. The number of nitrogens with one attached hydrogen (secondary N) is 2. The van der Waals surface area contributed by atoms with E-state index >= 15 is 0 Å². The molecule has 0 atom stereocenters. The Morgan fingerprint density at radius 3 is 2.70 bits per heavy atom. The number of thioether (sulfide) groups is 1. The molecular formula is C17H18N6O2S2. The summed E-state index contributed by atoms with van der Waals surface area (Å²) < 4.78 is 1.40. The molecule has 4 N–H and O–H groups in total. The van der Waals surface area contributed by atoms with E-state index in [9.17, 15) is 9.59 Å². The summed E-state index contributed by atoms with van der Waals surface area (Å²) in [5.41, 5.74) is 0.958. The molecule has 8 nitrogen and oxygen atoms in total. The minimum absolute atomic E-state index is 0.157. The number of carbonyl (C=O) groups excluding carboxylic acids is 2. The highest BCUT2D eigenvalue weighted by molar-refractivity contribution is 7.99. The van der Waals surface area contributed by atoms with Crippen molar-refractivity contribution in [3.63, 3.8) is 0 Å². The van der Waals surface area contributed by atoms with Gasteiger partial charge in [-0.15, -0.1) is 21.5 Å². The van der Waals surface area contributed by atoms with Crippen LogP contribution in [-0.2, 0) is 11.3 Å². The van der Waals surface area contributed by atoms with Gasteiger partial charge >= 0.3 is 6.03 Å². The maximum atomic E-state index is 11.9. The smallest absolute Gasteiger partial charge is 0.321 e. The van der Waals surface area contributed by atoms with Crippen LogP contribution in [0.4, 0.5) is 4.79 Å². The number of nitrogens with zero attached hydrogens (tertiary/aromatic N) is 3. The van der Waals surface area contributed by atoms with E-state index < -0.39 is 6.03 Å². The Labute approximate surface area is 164 Å². The summed E-state index contributed by atoms with van der Waals surface area (Å²) in [6.07, 6.45) is 0.157. The van der Waals surface area contributed by atoms with Crippen molar-refractivity contribution in [1.29, 1.82) is 0 Å². The Morgan fingerprint density at radius 2 is 1.96 bits per heavy atom. The molecule has 0 aliphatic rings. The minimum Gasteiger partial charge on any atom is -0.335 e. The van der Waals surface area contributed by atoms with Crippen LogP contribution in [0.15, 0.2) is 53.0 Å². The molecule has 0 unspecified atom stereocenters. The zero-order valence-electron chi connectivity index (χ0n) is 14.3. The highest BCUT2D eigenvalue weighted by Gasteiger charge is 2.14. The molecule has 0 saturated carbocycles. The average Bonchev–Trinajstić information content (AvgIpc) is 3.31. The van der Waals surface area contributed by atoms with Crippen LogP contribution in [0.5, 0.6) is 0 Å². The molecule has 0 radical (unpaired) electrons. The van der Waals surface area contributed by atoms with Gasteiger partial charge in [0.1, 0.15) is 0 Å². The van der Waals surface area contributed by atoms with Crippen molar-refractivity contribution in [2.24, 2.45) is 0 Å². The summed E-state index contributed by atoms with van der Waals surface area (Å²) in [5.74, 6) is 6.64. The molecule has 27 heavy (non-hydrogen) atoms. The SMILES string of the molecule is Nn1c(SCCC(=O)NC(=O)NCc2ccccc2)nnc1-c1cccs1. The van der Waals surface area contributed by atoms with Crippen molar-refractivity contribution >= 4 is 35.0 Å². The molecule has 3 amide bonds. The first-order valence-corrected chi connectivity index (χ1v) is 9.99. The van der Waals surface area contributed by atoms with Gasteiger partial charge in [-0.25, -0.2) is 9.47 Å². The Morgan fingerprint density at radius 1 is 1.15 bits per heavy atom. The van der Waals surface area contributed by atoms with E-state index in [0.29, 0.717) is 23.3 Å². The van der Waals surface area contributed by atoms with Gasteiger partial charge in [0.15, 0.2) is 5.82 Å². The lowest BCUT2D eigenvalue weighted by molar-refractivity contribution is -0.119. The maximum Gasteiger partial charge on any atom is 0.321 e. The van der Waals surface area contributed by atoms with Gasteiger partial charge in [-0.3, -0.25) is 10.1 Å². The number of carbonyl (C=O) groups is 2. The van der Waals surface area contributed by atoms with E-state index in [4.69, 9.17) is 5.84 Å². The number of aromatic nitrogens is 3. The highest BCUT2D eigenvalue weighted by atomic mass is 32.2. The summed E-state index contributed by atoms with van der Waals surface area (Å²) in [6.45, 7) is 0.358. The second-order valence-corrected chi connectivity index (χ2v) is 7.48. The van der Waals surface area contributed by atoms with E-state index in [0.717, 1.165) is 10.4 Å². The van der Waals surface area contributed by atoms with Crippen molar-refractivity contribution in [2.45, 2.75) is 18.1 Å². The largest absolute Gasteiger partial charge is 0.335 e. The number of nitrogens with two attached hydrogens (primary N) is 1. The normalized spacial score (nSPS) is 10.5. The third-order valence-electron chi connectivity index (χ3n) is 3.52. The number of imide groups is 1. The number of urea groups is 1. The lowest BCUT2D eigenvalue weighted by atomic mass is 10.2. The van der Waals surface area contributed by atoms with Gasteiger partial charge in [-0.1, -0.05) is 48.2 Å². The Balaban J connectivity index is 1.40. The molecule has 10 heteroatoms. The van der Waals surface area contributed by atoms with Crippen molar-refractivity contribution < 1.29 is 9.59 Å². The van der Waals surface area contributed by atoms with E-state index in [1.54, 1.807) is 0 Å². The lowest BCUT2D eigenvalue weighted by Crippen LogP contribution is -2.39.